The summed E-state index contributed by atoms with van der Waals surface area (Å²) < 4.78 is 0. The van der Waals surface area contributed by atoms with Crippen molar-refractivity contribution >= 4 is 29.4 Å². The number of thioether (sulfide) groups is 1. The van der Waals surface area contributed by atoms with Crippen molar-refractivity contribution in [3.05, 3.63) is 30.3 Å². The van der Waals surface area contributed by atoms with Gasteiger partial charge in [-0.1, -0.05) is 18.2 Å². The number of hydrogen-bond donors (Lipinski definition) is 4. The Morgan fingerprint density at radius 1 is 1.10 bits per heavy atom. The number of nitrogens with one attached hydrogen (secondary N) is 3. The van der Waals surface area contributed by atoms with Crippen molar-refractivity contribution < 1.29 is 14.7 Å². The Labute approximate surface area is 128 Å². The lowest BCUT2D eigenvalue weighted by atomic mass is 10.3. The third-order valence-electron chi connectivity index (χ3n) is 2.46. The number of amides is 3. The first-order valence-corrected chi connectivity index (χ1v) is 7.93. The van der Waals surface area contributed by atoms with Crippen LogP contribution in [0.5, 0.6) is 0 Å². The van der Waals surface area contributed by atoms with Crippen LogP contribution >= 0.6 is 11.8 Å². The summed E-state index contributed by atoms with van der Waals surface area (Å²) in [5.74, 6) is 1.45. The SMILES string of the molecule is O=C(CNC(=O)Nc1ccccc1)NCCSCCCO. The van der Waals surface area contributed by atoms with E-state index < -0.39 is 6.03 Å². The van der Waals surface area contributed by atoms with E-state index in [0.29, 0.717) is 12.2 Å². The van der Waals surface area contributed by atoms with Gasteiger partial charge in [0.15, 0.2) is 0 Å². The monoisotopic (exact) mass is 311 g/mol. The molecule has 0 radical (unpaired) electrons. The molecular weight excluding hydrogens is 290 g/mol. The van der Waals surface area contributed by atoms with E-state index in [0.717, 1.165) is 17.9 Å². The summed E-state index contributed by atoms with van der Waals surface area (Å²) in [6, 6.07) is 8.61. The molecular formula is C14H21N3O3S. The topological polar surface area (TPSA) is 90.5 Å². The number of benzene rings is 1. The van der Waals surface area contributed by atoms with E-state index in [4.69, 9.17) is 5.11 Å². The highest BCUT2D eigenvalue weighted by molar-refractivity contribution is 7.99. The number of aliphatic hydroxyl groups excluding tert-OH is 1. The predicted molar refractivity (Wildman–Crippen MR) is 85.5 cm³/mol. The van der Waals surface area contributed by atoms with Crippen LogP contribution in [0.4, 0.5) is 10.5 Å². The average molecular weight is 311 g/mol. The number of para-hydroxylation sites is 1. The Balaban J connectivity index is 2.05. The van der Waals surface area contributed by atoms with Crippen LogP contribution in [0.3, 0.4) is 0 Å². The summed E-state index contributed by atoms with van der Waals surface area (Å²) in [5, 5.41) is 16.4. The molecule has 21 heavy (non-hydrogen) atoms. The Morgan fingerprint density at radius 2 is 1.86 bits per heavy atom. The van der Waals surface area contributed by atoms with Gasteiger partial charge in [-0.05, 0) is 24.3 Å². The quantitative estimate of drug-likeness (QED) is 0.513. The average Bonchev–Trinajstić information content (AvgIpc) is 2.50. The number of urea groups is 1. The molecule has 0 aromatic heterocycles. The fraction of sp³-hybridized carbons (Fsp3) is 0.429. The molecule has 0 spiro atoms. The zero-order chi connectivity index (χ0) is 15.3. The zero-order valence-electron chi connectivity index (χ0n) is 11.8. The van der Waals surface area contributed by atoms with Crippen LogP contribution in [0.2, 0.25) is 0 Å². The predicted octanol–water partition coefficient (Wildman–Crippen LogP) is 1.04. The van der Waals surface area contributed by atoms with Crippen LogP contribution < -0.4 is 16.0 Å². The molecule has 0 bridgehead atoms. The summed E-state index contributed by atoms with van der Waals surface area (Å²) in [5.41, 5.74) is 0.677. The van der Waals surface area contributed by atoms with E-state index in [9.17, 15) is 9.59 Å². The number of hydrogen-bond acceptors (Lipinski definition) is 4. The lowest BCUT2D eigenvalue weighted by molar-refractivity contribution is -0.119. The highest BCUT2D eigenvalue weighted by Gasteiger charge is 2.04. The van der Waals surface area contributed by atoms with Gasteiger partial charge in [-0.15, -0.1) is 0 Å². The summed E-state index contributed by atoms with van der Waals surface area (Å²) in [4.78, 5) is 23.0. The summed E-state index contributed by atoms with van der Waals surface area (Å²) in [6.45, 7) is 0.691. The summed E-state index contributed by atoms with van der Waals surface area (Å²) in [7, 11) is 0. The molecule has 1 rings (SSSR count). The van der Waals surface area contributed by atoms with Crippen molar-refractivity contribution in [1.82, 2.24) is 10.6 Å². The number of aliphatic hydroxyl groups is 1. The lowest BCUT2D eigenvalue weighted by Crippen LogP contribution is -2.39. The van der Waals surface area contributed by atoms with Crippen LogP contribution in [-0.2, 0) is 4.79 Å². The normalized spacial score (nSPS) is 9.95. The van der Waals surface area contributed by atoms with Gasteiger partial charge in [-0.2, -0.15) is 11.8 Å². The minimum Gasteiger partial charge on any atom is -0.396 e. The largest absolute Gasteiger partial charge is 0.396 e. The molecule has 0 saturated carbocycles. The fourth-order valence-electron chi connectivity index (χ4n) is 1.45. The molecule has 1 aromatic rings. The Bertz CT molecular complexity index is 429. The van der Waals surface area contributed by atoms with Crippen LogP contribution in [0.25, 0.3) is 0 Å². The molecule has 1 aromatic carbocycles. The summed E-state index contributed by atoms with van der Waals surface area (Å²) in [6.07, 6.45) is 0.764. The standard InChI is InChI=1S/C14H21N3O3S/c18-8-4-9-21-10-7-15-13(19)11-16-14(20)17-12-5-2-1-3-6-12/h1-3,5-6,18H,4,7-11H2,(H,15,19)(H2,16,17,20). The van der Waals surface area contributed by atoms with Crippen molar-refractivity contribution in [1.29, 1.82) is 0 Å². The molecule has 0 fully saturated rings. The van der Waals surface area contributed by atoms with Gasteiger partial charge < -0.3 is 21.1 Å². The Kier molecular flexibility index (Phi) is 9.06. The number of carbonyl (C=O) groups is 2. The van der Waals surface area contributed by atoms with E-state index in [1.807, 2.05) is 18.2 Å². The number of anilines is 1. The van der Waals surface area contributed by atoms with E-state index in [-0.39, 0.29) is 19.1 Å². The van der Waals surface area contributed by atoms with Gasteiger partial charge in [0.2, 0.25) is 5.91 Å². The smallest absolute Gasteiger partial charge is 0.319 e. The minimum atomic E-state index is -0.409. The van der Waals surface area contributed by atoms with Crippen LogP contribution in [-0.4, -0.2) is 48.2 Å². The van der Waals surface area contributed by atoms with Gasteiger partial charge in [0.1, 0.15) is 0 Å². The third-order valence-corrected chi connectivity index (χ3v) is 3.53. The first-order chi connectivity index (χ1) is 10.2. The zero-order valence-corrected chi connectivity index (χ0v) is 12.6. The molecule has 4 N–H and O–H groups in total. The Morgan fingerprint density at radius 3 is 2.57 bits per heavy atom. The molecule has 0 saturated heterocycles. The van der Waals surface area contributed by atoms with Crippen LogP contribution in [0, 0.1) is 0 Å². The molecule has 7 heteroatoms. The molecule has 0 aliphatic heterocycles. The number of carbonyl (C=O) groups excluding carboxylic acids is 2. The van der Waals surface area contributed by atoms with E-state index >= 15 is 0 Å². The molecule has 6 nitrogen and oxygen atoms in total. The number of rotatable bonds is 9. The minimum absolute atomic E-state index is 0.0556. The fourth-order valence-corrected chi connectivity index (χ4v) is 2.23. The van der Waals surface area contributed by atoms with Gasteiger partial charge in [-0.25, -0.2) is 4.79 Å². The van der Waals surface area contributed by atoms with E-state index in [1.165, 1.54) is 0 Å². The highest BCUT2D eigenvalue weighted by Crippen LogP contribution is 2.03. The summed E-state index contributed by atoms with van der Waals surface area (Å²) >= 11 is 1.67. The van der Waals surface area contributed by atoms with Crippen molar-refractivity contribution in [2.75, 3.05) is 36.5 Å². The van der Waals surface area contributed by atoms with Crippen LogP contribution in [0.1, 0.15) is 6.42 Å². The van der Waals surface area contributed by atoms with Gasteiger partial charge in [0.25, 0.3) is 0 Å². The molecule has 116 valence electrons. The second-order valence-electron chi connectivity index (χ2n) is 4.21. The van der Waals surface area contributed by atoms with Crippen molar-refractivity contribution in [3.8, 4) is 0 Å². The first kappa shape index (κ1) is 17.3. The maximum atomic E-state index is 11.5. The van der Waals surface area contributed by atoms with Crippen LogP contribution in [0.15, 0.2) is 30.3 Å². The van der Waals surface area contributed by atoms with E-state index in [2.05, 4.69) is 16.0 Å². The molecule has 0 unspecified atom stereocenters. The van der Waals surface area contributed by atoms with E-state index in [1.54, 1.807) is 23.9 Å². The van der Waals surface area contributed by atoms with Crippen molar-refractivity contribution in [2.45, 2.75) is 6.42 Å². The molecule has 0 aliphatic carbocycles. The maximum absolute atomic E-state index is 11.5. The Hall–Kier alpha value is -1.73. The lowest BCUT2D eigenvalue weighted by Gasteiger charge is -2.08. The molecule has 0 aliphatic rings. The maximum Gasteiger partial charge on any atom is 0.319 e. The molecule has 3 amide bonds. The molecule has 0 atom stereocenters. The van der Waals surface area contributed by atoms with Crippen molar-refractivity contribution in [2.24, 2.45) is 0 Å². The third kappa shape index (κ3) is 8.93. The van der Waals surface area contributed by atoms with Crippen molar-refractivity contribution in [3.63, 3.8) is 0 Å². The highest BCUT2D eigenvalue weighted by atomic mass is 32.2. The first-order valence-electron chi connectivity index (χ1n) is 6.77. The molecule has 0 heterocycles. The van der Waals surface area contributed by atoms with Gasteiger partial charge in [0.05, 0.1) is 6.54 Å². The second-order valence-corrected chi connectivity index (χ2v) is 5.44. The van der Waals surface area contributed by atoms with Gasteiger partial charge in [0, 0.05) is 24.6 Å². The second kappa shape index (κ2) is 11.0. The van der Waals surface area contributed by atoms with Gasteiger partial charge >= 0.3 is 6.03 Å². The van der Waals surface area contributed by atoms with Gasteiger partial charge in [-0.3, -0.25) is 4.79 Å².